The average molecular weight is 179 g/mol. The normalized spacial score (nSPS) is 12.5. The quantitative estimate of drug-likeness (QED) is 0.673. The molecule has 0 aliphatic carbocycles. The van der Waals surface area contributed by atoms with Crippen LogP contribution in [0.3, 0.4) is 0 Å². The average Bonchev–Trinajstić information content (AvgIpc) is 2.15. The predicted molar refractivity (Wildman–Crippen MR) is 50.4 cm³/mol. The third kappa shape index (κ3) is 2.37. The van der Waals surface area contributed by atoms with Crippen LogP contribution in [0.1, 0.15) is 22.8 Å². The number of carbonyl (C=O) groups is 1. The Morgan fingerprint density at radius 2 is 2.23 bits per heavy atom. The lowest BCUT2D eigenvalue weighted by Gasteiger charge is -2.17. The highest BCUT2D eigenvalue weighted by atomic mass is 16.5. The Bertz CT molecular complexity index is 310. The van der Waals surface area contributed by atoms with Gasteiger partial charge in [-0.2, -0.15) is 0 Å². The van der Waals surface area contributed by atoms with Gasteiger partial charge in [0.15, 0.2) is 0 Å². The second kappa shape index (κ2) is 4.16. The van der Waals surface area contributed by atoms with Gasteiger partial charge in [-0.15, -0.1) is 0 Å². The molecule has 13 heavy (non-hydrogen) atoms. The highest BCUT2D eigenvalue weighted by Gasteiger charge is 2.11. The Hall–Kier alpha value is -1.19. The largest absolute Gasteiger partial charge is 0.626 e. The zero-order valence-corrected chi connectivity index (χ0v) is 7.83. The van der Waals surface area contributed by atoms with E-state index in [4.69, 9.17) is 0 Å². The first-order valence-electron chi connectivity index (χ1n) is 4.29. The number of aryl methyl sites for hydroxylation is 1. The molecule has 1 unspecified atom stereocenters. The Morgan fingerprint density at radius 1 is 1.54 bits per heavy atom. The van der Waals surface area contributed by atoms with Gasteiger partial charge in [-0.05, 0) is 26.0 Å². The summed E-state index contributed by atoms with van der Waals surface area (Å²) < 4.78 is 0. The molecule has 0 radical (unpaired) electrons. The number of nitrogens with one attached hydrogen (secondary N) is 1. The van der Waals surface area contributed by atoms with Gasteiger partial charge in [0.25, 0.3) is 0 Å². The van der Waals surface area contributed by atoms with E-state index in [0.29, 0.717) is 5.56 Å². The van der Waals surface area contributed by atoms with Crippen LogP contribution in [0.5, 0.6) is 0 Å². The lowest BCUT2D eigenvalue weighted by molar-refractivity contribution is -0.755. The van der Waals surface area contributed by atoms with Crippen LogP contribution in [0.2, 0.25) is 0 Å². The van der Waals surface area contributed by atoms with Crippen molar-refractivity contribution >= 4 is 5.91 Å². The van der Waals surface area contributed by atoms with Crippen molar-refractivity contribution in [3.05, 3.63) is 40.6 Å². The number of hydroxylamine groups is 2. The molecule has 70 valence electrons. The summed E-state index contributed by atoms with van der Waals surface area (Å²) in [4.78, 5) is 11.4. The standard InChI is InChI=1S/C10H13NO2/c1-3-11(13)10(12)9-6-4-5-8(2)7-9/h4-7,11H,3H2,1-2H3. The van der Waals surface area contributed by atoms with E-state index in [0.717, 1.165) is 5.56 Å². The molecule has 0 bridgehead atoms. The second-order valence-corrected chi connectivity index (χ2v) is 2.98. The smallest absolute Gasteiger partial charge is 0.344 e. The number of amides is 1. The molecule has 1 aromatic carbocycles. The van der Waals surface area contributed by atoms with Crippen molar-refractivity contribution in [1.82, 2.24) is 0 Å². The Labute approximate surface area is 77.6 Å². The van der Waals surface area contributed by atoms with Gasteiger partial charge < -0.3 is 10.3 Å². The highest BCUT2D eigenvalue weighted by Crippen LogP contribution is 2.01. The summed E-state index contributed by atoms with van der Waals surface area (Å²) in [6, 6.07) is 7.08. The molecule has 3 heteroatoms. The third-order valence-electron chi connectivity index (χ3n) is 1.85. The minimum absolute atomic E-state index is 0.271. The Kier molecular flexibility index (Phi) is 3.17. The van der Waals surface area contributed by atoms with Crippen LogP contribution in [0.25, 0.3) is 0 Å². The van der Waals surface area contributed by atoms with E-state index in [1.54, 1.807) is 25.1 Å². The van der Waals surface area contributed by atoms with Gasteiger partial charge in [0.05, 0.1) is 12.1 Å². The predicted octanol–water partition coefficient (Wildman–Crippen LogP) is 0.538. The number of hydrogen-bond acceptors (Lipinski definition) is 2. The summed E-state index contributed by atoms with van der Waals surface area (Å²) in [7, 11) is 0. The van der Waals surface area contributed by atoms with Gasteiger partial charge in [-0.25, -0.2) is 4.79 Å². The van der Waals surface area contributed by atoms with Crippen molar-refractivity contribution in [3.8, 4) is 0 Å². The van der Waals surface area contributed by atoms with Gasteiger partial charge >= 0.3 is 5.91 Å². The fourth-order valence-corrected chi connectivity index (χ4v) is 1.11. The summed E-state index contributed by atoms with van der Waals surface area (Å²) >= 11 is 0. The topological polar surface area (TPSA) is 44.6 Å². The molecular weight excluding hydrogens is 166 g/mol. The van der Waals surface area contributed by atoms with Crippen LogP contribution in [0, 0.1) is 12.1 Å². The molecule has 0 saturated carbocycles. The van der Waals surface area contributed by atoms with E-state index in [9.17, 15) is 10.0 Å². The summed E-state index contributed by atoms with van der Waals surface area (Å²) in [5.74, 6) is -0.383. The van der Waals surface area contributed by atoms with E-state index in [1.807, 2.05) is 13.0 Å². The lowest BCUT2D eigenvalue weighted by Crippen LogP contribution is -3.09. The summed E-state index contributed by atoms with van der Waals surface area (Å²) in [6.45, 7) is 3.86. The van der Waals surface area contributed by atoms with Crippen LogP contribution in [0.4, 0.5) is 0 Å². The zero-order valence-electron chi connectivity index (χ0n) is 7.83. The molecule has 0 saturated heterocycles. The molecule has 1 atom stereocenters. The Morgan fingerprint density at radius 3 is 2.77 bits per heavy atom. The van der Waals surface area contributed by atoms with Crippen molar-refractivity contribution in [2.24, 2.45) is 0 Å². The first kappa shape index (κ1) is 9.89. The van der Waals surface area contributed by atoms with Crippen molar-refractivity contribution in [2.75, 3.05) is 6.54 Å². The molecule has 1 N–H and O–H groups in total. The van der Waals surface area contributed by atoms with Gasteiger partial charge in [-0.1, -0.05) is 17.7 Å². The highest BCUT2D eigenvalue weighted by molar-refractivity contribution is 5.87. The van der Waals surface area contributed by atoms with Crippen molar-refractivity contribution < 1.29 is 9.86 Å². The summed E-state index contributed by atoms with van der Waals surface area (Å²) in [5, 5.41) is 10.7. The minimum atomic E-state index is -0.383. The van der Waals surface area contributed by atoms with E-state index in [-0.39, 0.29) is 17.5 Å². The molecule has 0 heterocycles. The third-order valence-corrected chi connectivity index (χ3v) is 1.85. The maximum atomic E-state index is 11.4. The first-order chi connectivity index (χ1) is 6.15. The maximum Gasteiger partial charge on any atom is 0.344 e. The molecule has 0 aliphatic rings. The molecule has 0 aliphatic heterocycles. The lowest BCUT2D eigenvalue weighted by atomic mass is 10.1. The van der Waals surface area contributed by atoms with E-state index in [1.165, 1.54) is 0 Å². The van der Waals surface area contributed by atoms with Crippen LogP contribution < -0.4 is 5.06 Å². The molecule has 1 amide bonds. The number of benzene rings is 1. The summed E-state index contributed by atoms with van der Waals surface area (Å²) in [5.41, 5.74) is 1.49. The number of quaternary nitrogens is 1. The van der Waals surface area contributed by atoms with Crippen LogP contribution in [-0.2, 0) is 0 Å². The molecule has 0 aromatic heterocycles. The van der Waals surface area contributed by atoms with Crippen molar-refractivity contribution in [2.45, 2.75) is 13.8 Å². The van der Waals surface area contributed by atoms with Gasteiger partial charge in [-0.3, -0.25) is 0 Å². The molecule has 1 rings (SSSR count). The van der Waals surface area contributed by atoms with Crippen LogP contribution in [-0.4, -0.2) is 12.5 Å². The monoisotopic (exact) mass is 179 g/mol. The van der Waals surface area contributed by atoms with Crippen LogP contribution in [0.15, 0.2) is 24.3 Å². The molecule has 1 aromatic rings. The van der Waals surface area contributed by atoms with Crippen LogP contribution >= 0.6 is 0 Å². The summed E-state index contributed by atoms with van der Waals surface area (Å²) in [6.07, 6.45) is 0. The minimum Gasteiger partial charge on any atom is -0.626 e. The van der Waals surface area contributed by atoms with Gasteiger partial charge in [0.2, 0.25) is 0 Å². The fraction of sp³-hybridized carbons (Fsp3) is 0.300. The van der Waals surface area contributed by atoms with E-state index in [2.05, 4.69) is 0 Å². The maximum absolute atomic E-state index is 11.4. The Balaban J connectivity index is 2.89. The zero-order chi connectivity index (χ0) is 9.84. The van der Waals surface area contributed by atoms with E-state index < -0.39 is 0 Å². The number of rotatable bonds is 2. The van der Waals surface area contributed by atoms with Gasteiger partial charge in [0, 0.05) is 0 Å². The SMILES string of the molecule is CC[NH+]([O-])C(=O)c1cccc(C)c1. The van der Waals surface area contributed by atoms with Crippen molar-refractivity contribution in [1.29, 1.82) is 0 Å². The first-order valence-corrected chi connectivity index (χ1v) is 4.29. The molecular formula is C10H13NO2. The molecule has 0 spiro atoms. The molecule has 3 nitrogen and oxygen atoms in total. The fourth-order valence-electron chi connectivity index (χ4n) is 1.11. The molecule has 0 fully saturated rings. The van der Waals surface area contributed by atoms with Gasteiger partial charge in [0.1, 0.15) is 0 Å². The van der Waals surface area contributed by atoms with Crippen molar-refractivity contribution in [3.63, 3.8) is 0 Å². The number of hydrogen-bond donors (Lipinski definition) is 1. The second-order valence-electron chi connectivity index (χ2n) is 2.98. The number of carbonyl (C=O) groups excluding carboxylic acids is 1. The van der Waals surface area contributed by atoms with E-state index >= 15 is 0 Å².